The van der Waals surface area contributed by atoms with Crippen molar-refractivity contribution in [2.24, 2.45) is 0 Å². The van der Waals surface area contributed by atoms with Gasteiger partial charge in [0, 0.05) is 65.6 Å². The highest BCUT2D eigenvalue weighted by atomic mass is 15.2. The number of fused-ring (bicyclic) bond motifs is 15. The molecule has 0 bridgehead atoms. The molecule has 0 saturated carbocycles. The van der Waals surface area contributed by atoms with Crippen molar-refractivity contribution in [3.05, 3.63) is 295 Å². The summed E-state index contributed by atoms with van der Waals surface area (Å²) in [6.45, 7) is 9.44. The van der Waals surface area contributed by atoms with Gasteiger partial charge in [-0.15, -0.1) is 0 Å². The van der Waals surface area contributed by atoms with Crippen LogP contribution in [0.5, 0.6) is 0 Å². The number of rotatable bonds is 7. The van der Waals surface area contributed by atoms with Crippen molar-refractivity contribution in [3.63, 3.8) is 0 Å². The van der Waals surface area contributed by atoms with Gasteiger partial charge in [-0.1, -0.05) is 222 Å². The van der Waals surface area contributed by atoms with E-state index in [4.69, 9.17) is 9.97 Å². The van der Waals surface area contributed by atoms with Crippen LogP contribution in [0.1, 0.15) is 49.9 Å². The van der Waals surface area contributed by atoms with Gasteiger partial charge in [0.05, 0.1) is 44.5 Å². The maximum absolute atomic E-state index is 5.52. The van der Waals surface area contributed by atoms with E-state index in [0.29, 0.717) is 5.95 Å². The molecule has 0 N–H and O–H groups in total. The van der Waals surface area contributed by atoms with Crippen LogP contribution in [0.4, 0.5) is 0 Å². The predicted molar refractivity (Wildman–Crippen MR) is 362 cm³/mol. The van der Waals surface area contributed by atoms with Crippen LogP contribution in [0.2, 0.25) is 0 Å². The zero-order valence-electron chi connectivity index (χ0n) is 48.7. The van der Waals surface area contributed by atoms with E-state index in [-0.39, 0.29) is 10.8 Å². The highest BCUT2D eigenvalue weighted by molar-refractivity contribution is 6.14. The molecule has 12 aromatic carbocycles. The van der Waals surface area contributed by atoms with E-state index in [9.17, 15) is 0 Å². The predicted octanol–water partition coefficient (Wildman–Crippen LogP) is 21.0. The molecule has 4 aromatic heterocycles. The van der Waals surface area contributed by atoms with Crippen LogP contribution in [-0.4, -0.2) is 23.7 Å². The Morgan fingerprint density at radius 2 is 0.609 bits per heavy atom. The normalized spacial score (nSPS) is 13.7. The fraction of sp³-hybridized carbons (Fsp3) is 0.0732. The molecule has 0 atom stereocenters. The van der Waals surface area contributed by atoms with Gasteiger partial charge in [-0.25, -0.2) is 9.97 Å². The zero-order valence-corrected chi connectivity index (χ0v) is 48.7. The quantitative estimate of drug-likeness (QED) is 0.160. The molecule has 5 heteroatoms. The third-order valence-electron chi connectivity index (χ3n) is 19.5. The summed E-state index contributed by atoms with van der Waals surface area (Å²) in [5.41, 5.74) is 28.0. The van der Waals surface area contributed by atoms with Crippen LogP contribution in [0.25, 0.3) is 150 Å². The van der Waals surface area contributed by atoms with E-state index in [1.54, 1.807) is 0 Å². The minimum Gasteiger partial charge on any atom is -0.309 e. The summed E-state index contributed by atoms with van der Waals surface area (Å²) in [7, 11) is 0. The number of para-hydroxylation sites is 2. The van der Waals surface area contributed by atoms with E-state index in [1.807, 2.05) is 0 Å². The molecule has 0 saturated heterocycles. The molecule has 0 spiro atoms. The summed E-state index contributed by atoms with van der Waals surface area (Å²) in [5, 5.41) is 7.14. The van der Waals surface area contributed by atoms with E-state index in [0.717, 1.165) is 66.6 Å². The number of benzene rings is 12. The summed E-state index contributed by atoms with van der Waals surface area (Å²) in [6.07, 6.45) is 0. The number of hydrogen-bond acceptors (Lipinski definition) is 2. The van der Waals surface area contributed by atoms with Crippen molar-refractivity contribution in [1.29, 1.82) is 0 Å². The Kier molecular flexibility index (Phi) is 10.4. The van der Waals surface area contributed by atoms with E-state index in [2.05, 4.69) is 314 Å². The third kappa shape index (κ3) is 7.27. The van der Waals surface area contributed by atoms with E-state index in [1.165, 1.54) is 99.5 Å². The third-order valence-corrected chi connectivity index (χ3v) is 19.5. The lowest BCUT2D eigenvalue weighted by molar-refractivity contribution is 0.660. The molecule has 0 fully saturated rings. The van der Waals surface area contributed by atoms with Gasteiger partial charge in [0.2, 0.25) is 5.95 Å². The van der Waals surface area contributed by atoms with Crippen molar-refractivity contribution in [2.45, 2.75) is 38.5 Å². The minimum absolute atomic E-state index is 0.110. The molecule has 5 nitrogen and oxygen atoms in total. The van der Waals surface area contributed by atoms with Gasteiger partial charge < -0.3 is 9.13 Å². The van der Waals surface area contributed by atoms with Crippen LogP contribution in [0.3, 0.4) is 0 Å². The van der Waals surface area contributed by atoms with Gasteiger partial charge in [0.1, 0.15) is 0 Å². The molecule has 87 heavy (non-hydrogen) atoms. The molecular weight excluding hydrogens is 1050 g/mol. The lowest BCUT2D eigenvalue weighted by atomic mass is 9.82. The summed E-state index contributed by atoms with van der Waals surface area (Å²) in [4.78, 5) is 11.0. The zero-order chi connectivity index (χ0) is 57.9. The van der Waals surface area contributed by atoms with Crippen molar-refractivity contribution >= 4 is 65.4 Å². The van der Waals surface area contributed by atoms with Crippen LogP contribution in [0.15, 0.2) is 273 Å². The summed E-state index contributed by atoms with van der Waals surface area (Å²) >= 11 is 0. The lowest BCUT2D eigenvalue weighted by Gasteiger charge is -2.22. The van der Waals surface area contributed by atoms with E-state index >= 15 is 0 Å². The Morgan fingerprint density at radius 3 is 1.08 bits per heavy atom. The van der Waals surface area contributed by atoms with Gasteiger partial charge in [-0.3, -0.25) is 4.57 Å². The summed E-state index contributed by atoms with van der Waals surface area (Å²) < 4.78 is 7.22. The average Bonchev–Trinajstić information content (AvgIpc) is 1.66. The SMILES string of the molecule is CC1(C)c2ccccc2-c2ccc(-n3c4ccccc4c4cc(-c5ccc6c7ccc(-c8ccc9c(c8)c8ccccc8n9-c8ccc9c(c8)C(C)(C)c8ccccc8-9)cc7n(-c7nc(-c8ccccc8)cc(-c8ccccc8)n7)c6c5)ccc43)cc21. The smallest absolute Gasteiger partial charge is 0.235 e. The first-order chi connectivity index (χ1) is 42.6. The summed E-state index contributed by atoms with van der Waals surface area (Å²) in [6, 6.07) is 101. The van der Waals surface area contributed by atoms with Crippen LogP contribution in [-0.2, 0) is 10.8 Å². The van der Waals surface area contributed by atoms with Gasteiger partial charge >= 0.3 is 0 Å². The van der Waals surface area contributed by atoms with E-state index < -0.39 is 0 Å². The first-order valence-electron chi connectivity index (χ1n) is 30.3. The highest BCUT2D eigenvalue weighted by Gasteiger charge is 2.37. The van der Waals surface area contributed by atoms with Gasteiger partial charge in [0.25, 0.3) is 0 Å². The van der Waals surface area contributed by atoms with Gasteiger partial charge in [-0.2, -0.15) is 0 Å². The molecule has 0 radical (unpaired) electrons. The highest BCUT2D eigenvalue weighted by Crippen LogP contribution is 2.52. The van der Waals surface area contributed by atoms with Crippen LogP contribution < -0.4 is 0 Å². The lowest BCUT2D eigenvalue weighted by Crippen LogP contribution is -2.15. The summed E-state index contributed by atoms with van der Waals surface area (Å²) in [5.74, 6) is 0.614. The second-order valence-electron chi connectivity index (χ2n) is 24.9. The molecule has 0 unspecified atom stereocenters. The topological polar surface area (TPSA) is 40.6 Å². The van der Waals surface area contributed by atoms with Crippen LogP contribution in [0, 0.1) is 0 Å². The van der Waals surface area contributed by atoms with Crippen molar-refractivity contribution in [3.8, 4) is 84.3 Å². The molecule has 4 heterocycles. The Bertz CT molecular complexity index is 5240. The molecule has 2 aliphatic carbocycles. The average molecular weight is 1110 g/mol. The largest absolute Gasteiger partial charge is 0.309 e. The Hall–Kier alpha value is -10.9. The maximum Gasteiger partial charge on any atom is 0.235 e. The minimum atomic E-state index is -0.110. The van der Waals surface area contributed by atoms with Crippen LogP contribution >= 0.6 is 0 Å². The van der Waals surface area contributed by atoms with Crippen molar-refractivity contribution < 1.29 is 0 Å². The fourth-order valence-corrected chi connectivity index (χ4v) is 15.2. The molecular formula is C82H57N5. The van der Waals surface area contributed by atoms with Crippen molar-refractivity contribution in [1.82, 2.24) is 23.7 Å². The van der Waals surface area contributed by atoms with Crippen molar-refractivity contribution in [2.75, 3.05) is 0 Å². The Morgan fingerprint density at radius 1 is 0.241 bits per heavy atom. The molecule has 16 aromatic rings. The standard InChI is InChI=1S/C82H57N5/c1-81(2)68-27-15-11-23-58(68)60-39-35-56(47-70(60)81)85-74-29-17-13-25-62(74)66-43-52(33-41-76(66)85)54-31-37-64-65-38-32-55(46-79(65)87(78(64)45-54)80-83-72(50-19-7-5-8-20-50)49-73(84-80)51-21-9-6-10-22-51)53-34-42-77-67(44-53)63-26-14-18-30-75(63)86(77)57-36-40-61-59-24-12-16-28-69(59)82(3,4)71(61)48-57/h5-49H,1-4H3. The van der Waals surface area contributed by atoms with Gasteiger partial charge in [0.15, 0.2) is 0 Å². The molecule has 2 aliphatic rings. The number of hydrogen-bond donors (Lipinski definition) is 0. The first-order valence-corrected chi connectivity index (χ1v) is 30.3. The molecule has 410 valence electrons. The Labute approximate surface area is 504 Å². The van der Waals surface area contributed by atoms with Gasteiger partial charge in [-0.05, 0) is 146 Å². The maximum atomic E-state index is 5.52. The second kappa shape index (κ2) is 18.3. The molecule has 0 aliphatic heterocycles. The molecule has 18 rings (SSSR count). The number of nitrogens with zero attached hydrogens (tertiary/aromatic N) is 5. The monoisotopic (exact) mass is 1110 g/mol. The first kappa shape index (κ1) is 49.5. The number of aromatic nitrogens is 5. The second-order valence-corrected chi connectivity index (χ2v) is 24.9. The fourth-order valence-electron chi connectivity index (χ4n) is 15.2. The molecule has 0 amide bonds. The Balaban J connectivity index is 0.814.